The van der Waals surface area contributed by atoms with Crippen molar-refractivity contribution >= 4 is 6.16 Å². The molecule has 0 unspecified atom stereocenters. The predicted octanol–water partition coefficient (Wildman–Crippen LogP) is 0.134. The molecule has 0 amide bonds. The fourth-order valence-corrected chi connectivity index (χ4v) is 1.37. The predicted molar refractivity (Wildman–Crippen MR) is 43.7 cm³/mol. The average Bonchev–Trinajstić information content (AvgIpc) is 1.85. The van der Waals surface area contributed by atoms with Gasteiger partial charge >= 0.3 is 0 Å². The smallest absolute Gasteiger partial charge is 0.249 e. The lowest BCUT2D eigenvalue weighted by molar-refractivity contribution is -0.894. The number of piperidine rings is 1. The van der Waals surface area contributed by atoms with Crippen molar-refractivity contribution in [1.29, 1.82) is 0 Å². The summed E-state index contributed by atoms with van der Waals surface area (Å²) in [6, 6.07) is 0. The lowest BCUT2D eigenvalue weighted by atomic mass is 10.1. The van der Waals surface area contributed by atoms with Crippen molar-refractivity contribution in [3.8, 4) is 0 Å². The molecular weight excluding hydrogens is 158 g/mol. The molecule has 4 heteroatoms. The van der Waals surface area contributed by atoms with Crippen molar-refractivity contribution in [1.82, 2.24) is 0 Å². The van der Waals surface area contributed by atoms with Crippen LogP contribution in [-0.2, 0) is 0 Å². The first-order valence-electron chi connectivity index (χ1n) is 4.16. The largest absolute Gasteiger partial charge is 0.565 e. The van der Waals surface area contributed by atoms with E-state index in [2.05, 4.69) is 14.1 Å². The van der Waals surface area contributed by atoms with Crippen LogP contribution in [-0.4, -0.2) is 42.9 Å². The molecule has 0 atom stereocenters. The zero-order valence-corrected chi connectivity index (χ0v) is 7.75. The number of nitrogens with zero attached hydrogens (tertiary/aromatic N) is 1. The van der Waals surface area contributed by atoms with Crippen LogP contribution in [0.15, 0.2) is 0 Å². The third-order valence-corrected chi connectivity index (χ3v) is 2.03. The van der Waals surface area contributed by atoms with Crippen LogP contribution in [0, 0.1) is 0 Å². The molecule has 4 nitrogen and oxygen atoms in total. The summed E-state index contributed by atoms with van der Waals surface area (Å²) in [5.41, 5.74) is 0. The molecule has 12 heavy (non-hydrogen) atoms. The molecule has 72 valence electrons. The third kappa shape index (κ3) is 7.34. The van der Waals surface area contributed by atoms with Crippen molar-refractivity contribution in [3.05, 3.63) is 0 Å². The molecule has 0 aromatic carbocycles. The Bertz CT molecular complexity index is 133. The van der Waals surface area contributed by atoms with Gasteiger partial charge in [-0.25, -0.2) is 0 Å². The zero-order valence-electron chi connectivity index (χ0n) is 7.75. The Labute approximate surface area is 73.0 Å². The Morgan fingerprint density at radius 1 is 1.25 bits per heavy atom. The van der Waals surface area contributed by atoms with Gasteiger partial charge in [-0.2, -0.15) is 0 Å². The highest BCUT2D eigenvalue weighted by Crippen LogP contribution is 2.12. The quantitative estimate of drug-likeness (QED) is 0.532. The number of carboxylic acid groups (broad SMARTS) is 2. The highest BCUT2D eigenvalue weighted by molar-refractivity contribution is 5.50. The van der Waals surface area contributed by atoms with Crippen molar-refractivity contribution in [2.24, 2.45) is 0 Å². The molecule has 0 spiro atoms. The summed E-state index contributed by atoms with van der Waals surface area (Å²) in [6.07, 6.45) is 2.25. The minimum absolute atomic E-state index is 1.25. The molecule has 0 saturated carbocycles. The first kappa shape index (κ1) is 11.2. The molecule has 1 N–H and O–H groups in total. The Kier molecular flexibility index (Phi) is 4.66. The summed E-state index contributed by atoms with van der Waals surface area (Å²) in [7, 11) is 4.64. The highest BCUT2D eigenvalue weighted by atomic mass is 16.6. The molecule has 1 rings (SSSR count). The van der Waals surface area contributed by atoms with Gasteiger partial charge in [0, 0.05) is 0 Å². The van der Waals surface area contributed by atoms with Gasteiger partial charge in [0.05, 0.1) is 27.2 Å². The van der Waals surface area contributed by atoms with Crippen molar-refractivity contribution in [2.75, 3.05) is 27.2 Å². The maximum atomic E-state index is 8.44. The fourth-order valence-electron chi connectivity index (χ4n) is 1.37. The second kappa shape index (κ2) is 4.98. The van der Waals surface area contributed by atoms with Gasteiger partial charge in [0.15, 0.2) is 0 Å². The van der Waals surface area contributed by atoms with Crippen LogP contribution < -0.4 is 5.11 Å². The Balaban J connectivity index is 0.000000261. The number of carbonyl (C=O) groups is 1. The topological polar surface area (TPSA) is 60.4 Å². The molecule has 1 saturated heterocycles. The molecule has 1 aliphatic heterocycles. The molecule has 1 heterocycles. The summed E-state index contributed by atoms with van der Waals surface area (Å²) < 4.78 is 1.25. The van der Waals surface area contributed by atoms with Gasteiger partial charge in [-0.3, -0.25) is 0 Å². The van der Waals surface area contributed by atoms with Gasteiger partial charge in [0.1, 0.15) is 0 Å². The van der Waals surface area contributed by atoms with E-state index in [0.29, 0.717) is 0 Å². The van der Waals surface area contributed by atoms with E-state index in [1.807, 2.05) is 0 Å². The Hall–Kier alpha value is -0.770. The normalized spacial score (nSPS) is 20.5. The van der Waals surface area contributed by atoms with Crippen molar-refractivity contribution < 1.29 is 19.5 Å². The van der Waals surface area contributed by atoms with E-state index in [-0.39, 0.29) is 0 Å². The molecule has 1 aliphatic rings. The van der Waals surface area contributed by atoms with Crippen LogP contribution in [0.1, 0.15) is 19.3 Å². The van der Waals surface area contributed by atoms with Crippen molar-refractivity contribution in [2.45, 2.75) is 19.3 Å². The maximum Gasteiger partial charge on any atom is 0.249 e. The van der Waals surface area contributed by atoms with Crippen LogP contribution in [0.5, 0.6) is 0 Å². The van der Waals surface area contributed by atoms with Crippen LogP contribution >= 0.6 is 0 Å². The Morgan fingerprint density at radius 3 is 1.75 bits per heavy atom. The molecular formula is C8H17NO3. The monoisotopic (exact) mass is 175 g/mol. The summed E-state index contributed by atoms with van der Waals surface area (Å²) in [5, 5.41) is 15.3. The molecule has 0 radical (unpaired) electrons. The van der Waals surface area contributed by atoms with Crippen LogP contribution in [0.4, 0.5) is 4.79 Å². The summed E-state index contributed by atoms with van der Waals surface area (Å²) in [4.78, 5) is 8.44. The lowest BCUT2D eigenvalue weighted by Crippen LogP contribution is -2.43. The van der Waals surface area contributed by atoms with E-state index in [1.54, 1.807) is 0 Å². The number of likely N-dealkylation sites (tertiary alicyclic amines) is 1. The first-order chi connectivity index (χ1) is 5.44. The highest BCUT2D eigenvalue weighted by Gasteiger charge is 2.17. The van der Waals surface area contributed by atoms with Gasteiger partial charge in [0.25, 0.3) is 0 Å². The SMILES string of the molecule is C[N+]1(C)CCCCC1.O=C([O-])O. The van der Waals surface area contributed by atoms with E-state index >= 15 is 0 Å². The first-order valence-corrected chi connectivity index (χ1v) is 4.16. The Morgan fingerprint density at radius 2 is 1.58 bits per heavy atom. The van der Waals surface area contributed by atoms with Gasteiger partial charge in [-0.15, -0.1) is 0 Å². The number of hydrogen-bond acceptors (Lipinski definition) is 2. The van der Waals surface area contributed by atoms with Gasteiger partial charge in [0.2, 0.25) is 6.16 Å². The van der Waals surface area contributed by atoms with Gasteiger partial charge in [-0.05, 0) is 19.3 Å². The average molecular weight is 175 g/mol. The summed E-state index contributed by atoms with van der Waals surface area (Å²) in [5.74, 6) is 0. The maximum absolute atomic E-state index is 8.44. The van der Waals surface area contributed by atoms with E-state index in [9.17, 15) is 0 Å². The van der Waals surface area contributed by atoms with Crippen LogP contribution in [0.2, 0.25) is 0 Å². The third-order valence-electron chi connectivity index (χ3n) is 2.03. The van der Waals surface area contributed by atoms with E-state index in [1.165, 1.54) is 36.8 Å². The number of quaternary nitrogens is 1. The van der Waals surface area contributed by atoms with Crippen LogP contribution in [0.25, 0.3) is 0 Å². The minimum Gasteiger partial charge on any atom is -0.565 e. The second-order valence-electron chi connectivity index (χ2n) is 3.71. The lowest BCUT2D eigenvalue weighted by Gasteiger charge is -2.33. The van der Waals surface area contributed by atoms with Gasteiger partial charge < -0.3 is 19.5 Å². The number of rotatable bonds is 0. The van der Waals surface area contributed by atoms with E-state index in [4.69, 9.17) is 15.0 Å². The molecule has 0 aromatic heterocycles. The number of hydrogen-bond donors (Lipinski definition) is 1. The van der Waals surface area contributed by atoms with E-state index < -0.39 is 6.16 Å². The van der Waals surface area contributed by atoms with Crippen LogP contribution in [0.3, 0.4) is 0 Å². The standard InChI is InChI=1S/C7H16N.CH2O3/c1-8(2)6-4-3-5-7-8;2-1(3)4/h3-7H2,1-2H3;(H2,2,3,4)/q+1;/p-1. The zero-order chi connectivity index (χ0) is 9.61. The van der Waals surface area contributed by atoms with E-state index in [0.717, 1.165) is 0 Å². The van der Waals surface area contributed by atoms with Crippen molar-refractivity contribution in [3.63, 3.8) is 0 Å². The second-order valence-corrected chi connectivity index (χ2v) is 3.71. The summed E-state index contributed by atoms with van der Waals surface area (Å²) in [6.45, 7) is 2.78. The molecule has 0 bridgehead atoms. The fraction of sp³-hybridized carbons (Fsp3) is 0.875. The molecule has 1 fully saturated rings. The molecule has 0 aliphatic carbocycles. The molecule has 0 aromatic rings. The minimum atomic E-state index is -2.08. The summed E-state index contributed by atoms with van der Waals surface area (Å²) >= 11 is 0. The van der Waals surface area contributed by atoms with Gasteiger partial charge in [-0.1, -0.05) is 0 Å².